The molecule has 0 N–H and O–H groups in total. The summed E-state index contributed by atoms with van der Waals surface area (Å²) in [5, 5.41) is 0. The number of methoxy groups -OCH3 is 1. The van der Waals surface area contributed by atoms with E-state index in [1.165, 1.54) is 19.2 Å². The van der Waals surface area contributed by atoms with Crippen molar-refractivity contribution in [2.24, 2.45) is 0 Å². The molecule has 0 heterocycles. The molecule has 3 nitrogen and oxygen atoms in total. The van der Waals surface area contributed by atoms with Crippen LogP contribution in [0, 0.1) is 0 Å². The van der Waals surface area contributed by atoms with Gasteiger partial charge in [-0.25, -0.2) is 0 Å². The summed E-state index contributed by atoms with van der Waals surface area (Å²) in [5.41, 5.74) is 1.28. The van der Waals surface area contributed by atoms with E-state index in [1.807, 2.05) is 6.92 Å². The molecule has 0 unspecified atom stereocenters. The Kier molecular flexibility index (Phi) is 6.66. The summed E-state index contributed by atoms with van der Waals surface area (Å²) in [6.45, 7) is 2.58. The highest BCUT2D eigenvalue weighted by Crippen LogP contribution is 2.32. The Balaban J connectivity index is 2.34. The van der Waals surface area contributed by atoms with Crippen LogP contribution in [-0.4, -0.2) is 19.7 Å². The monoisotopic (exact) mass is 366 g/mol. The Hall–Kier alpha value is -2.50. The molecule has 0 aliphatic carbocycles. The molecule has 0 aromatic heterocycles. The average molecular weight is 366 g/mol. The van der Waals surface area contributed by atoms with Gasteiger partial charge >= 0.3 is 12.1 Å². The van der Waals surface area contributed by atoms with Crippen molar-refractivity contribution in [2.45, 2.75) is 32.4 Å². The van der Waals surface area contributed by atoms with Crippen LogP contribution >= 0.6 is 0 Å². The number of hydrogen-bond donors (Lipinski definition) is 0. The summed E-state index contributed by atoms with van der Waals surface area (Å²) >= 11 is 0. The fourth-order valence-corrected chi connectivity index (χ4v) is 2.44. The van der Waals surface area contributed by atoms with Crippen LogP contribution in [0.2, 0.25) is 0 Å². The largest absolute Gasteiger partial charge is 0.494 e. The maximum Gasteiger partial charge on any atom is 0.416 e. The highest BCUT2D eigenvalue weighted by atomic mass is 19.4. The number of halogens is 3. The van der Waals surface area contributed by atoms with E-state index in [0.717, 1.165) is 25.0 Å². The van der Waals surface area contributed by atoms with Crippen molar-refractivity contribution in [2.75, 3.05) is 13.7 Å². The van der Waals surface area contributed by atoms with Crippen LogP contribution < -0.4 is 4.74 Å². The molecular weight excluding hydrogens is 345 g/mol. The molecule has 0 saturated heterocycles. The quantitative estimate of drug-likeness (QED) is 0.495. The third kappa shape index (κ3) is 5.51. The van der Waals surface area contributed by atoms with Crippen molar-refractivity contribution in [3.63, 3.8) is 0 Å². The first-order chi connectivity index (χ1) is 12.3. The Morgan fingerprint density at radius 3 is 2.31 bits per heavy atom. The van der Waals surface area contributed by atoms with Gasteiger partial charge in [-0.1, -0.05) is 31.5 Å². The molecule has 0 amide bonds. The van der Waals surface area contributed by atoms with Gasteiger partial charge in [0, 0.05) is 0 Å². The van der Waals surface area contributed by atoms with Gasteiger partial charge in [-0.05, 0) is 47.4 Å². The molecule has 0 fully saturated rings. The van der Waals surface area contributed by atoms with Crippen molar-refractivity contribution >= 4 is 5.97 Å². The molecule has 2 rings (SSSR count). The molecule has 2 aromatic carbocycles. The third-order valence-corrected chi connectivity index (χ3v) is 3.85. The van der Waals surface area contributed by atoms with Crippen molar-refractivity contribution in [3.8, 4) is 16.9 Å². The number of alkyl halides is 3. The summed E-state index contributed by atoms with van der Waals surface area (Å²) in [5.74, 6) is 0.184. The van der Waals surface area contributed by atoms with Gasteiger partial charge < -0.3 is 9.47 Å². The number of esters is 1. The molecule has 0 saturated carbocycles. The van der Waals surface area contributed by atoms with Gasteiger partial charge in [0.1, 0.15) is 5.75 Å². The van der Waals surface area contributed by atoms with E-state index >= 15 is 0 Å². The lowest BCUT2D eigenvalue weighted by Crippen LogP contribution is -2.06. The second-order valence-electron chi connectivity index (χ2n) is 5.90. The molecule has 6 heteroatoms. The summed E-state index contributed by atoms with van der Waals surface area (Å²) in [7, 11) is 1.31. The van der Waals surface area contributed by atoms with Crippen LogP contribution in [0.5, 0.6) is 5.75 Å². The van der Waals surface area contributed by atoms with Gasteiger partial charge in [0.15, 0.2) is 0 Å². The molecule has 0 bridgehead atoms. The van der Waals surface area contributed by atoms with Crippen LogP contribution in [0.3, 0.4) is 0 Å². The average Bonchev–Trinajstić information content (AvgIpc) is 2.61. The molecule has 0 atom stereocenters. The number of unbranched alkanes of at least 4 members (excludes halogenated alkanes) is 1. The molecule has 0 aliphatic rings. The SMILES string of the molecule is CCCCOc1cc(CC(=O)OC)cc(-c2ccc(C(F)(F)F)cc2)c1. The van der Waals surface area contributed by atoms with Crippen LogP contribution in [0.4, 0.5) is 13.2 Å². The Bertz CT molecular complexity index is 737. The fraction of sp³-hybridized carbons (Fsp3) is 0.350. The molecule has 140 valence electrons. The molecule has 2 aromatic rings. The Labute approximate surface area is 150 Å². The first-order valence-corrected chi connectivity index (χ1v) is 8.34. The Morgan fingerprint density at radius 2 is 1.73 bits per heavy atom. The Morgan fingerprint density at radius 1 is 1.04 bits per heavy atom. The van der Waals surface area contributed by atoms with Gasteiger partial charge in [-0.2, -0.15) is 13.2 Å². The normalized spacial score (nSPS) is 11.3. The van der Waals surface area contributed by atoms with Crippen molar-refractivity contribution in [1.29, 1.82) is 0 Å². The van der Waals surface area contributed by atoms with E-state index in [0.29, 0.717) is 29.0 Å². The summed E-state index contributed by atoms with van der Waals surface area (Å²) in [6.07, 6.45) is -2.45. The lowest BCUT2D eigenvalue weighted by Gasteiger charge is -2.12. The first-order valence-electron chi connectivity index (χ1n) is 8.34. The second-order valence-corrected chi connectivity index (χ2v) is 5.90. The van der Waals surface area contributed by atoms with E-state index in [4.69, 9.17) is 4.74 Å². The zero-order valence-electron chi connectivity index (χ0n) is 14.7. The van der Waals surface area contributed by atoms with Crippen molar-refractivity contribution in [1.82, 2.24) is 0 Å². The predicted molar refractivity (Wildman–Crippen MR) is 93.0 cm³/mol. The van der Waals surface area contributed by atoms with E-state index < -0.39 is 17.7 Å². The highest BCUT2D eigenvalue weighted by molar-refractivity contribution is 5.74. The standard InChI is InChI=1S/C20H21F3O3/c1-3-4-9-26-18-11-14(12-19(24)25-2)10-16(13-18)15-5-7-17(8-6-15)20(21,22)23/h5-8,10-11,13H,3-4,9,12H2,1-2H3. The van der Waals surface area contributed by atoms with Crippen LogP contribution in [0.15, 0.2) is 42.5 Å². The fourth-order valence-electron chi connectivity index (χ4n) is 2.44. The lowest BCUT2D eigenvalue weighted by molar-refractivity contribution is -0.140. The maximum absolute atomic E-state index is 12.7. The molecular formula is C20H21F3O3. The van der Waals surface area contributed by atoms with Crippen LogP contribution in [0.1, 0.15) is 30.9 Å². The minimum absolute atomic E-state index is 0.0646. The third-order valence-electron chi connectivity index (χ3n) is 3.85. The minimum atomic E-state index is -4.38. The number of rotatable bonds is 7. The van der Waals surface area contributed by atoms with E-state index in [-0.39, 0.29) is 6.42 Å². The minimum Gasteiger partial charge on any atom is -0.494 e. The topological polar surface area (TPSA) is 35.5 Å². The van der Waals surface area contributed by atoms with E-state index in [2.05, 4.69) is 4.74 Å². The number of hydrogen-bond acceptors (Lipinski definition) is 3. The smallest absolute Gasteiger partial charge is 0.416 e. The number of carbonyl (C=O) groups excluding carboxylic acids is 1. The van der Waals surface area contributed by atoms with Gasteiger partial charge in [0.25, 0.3) is 0 Å². The van der Waals surface area contributed by atoms with Crippen LogP contribution in [0.25, 0.3) is 11.1 Å². The molecule has 0 radical (unpaired) electrons. The molecule has 26 heavy (non-hydrogen) atoms. The first kappa shape index (κ1) is 19.8. The van der Waals surface area contributed by atoms with Gasteiger partial charge in [-0.3, -0.25) is 4.79 Å². The lowest BCUT2D eigenvalue weighted by atomic mass is 10.00. The molecule has 0 spiro atoms. The van der Waals surface area contributed by atoms with Gasteiger partial charge in [0.2, 0.25) is 0 Å². The summed E-state index contributed by atoms with van der Waals surface area (Å²) in [6, 6.07) is 10.2. The zero-order valence-corrected chi connectivity index (χ0v) is 14.7. The van der Waals surface area contributed by atoms with Crippen LogP contribution in [-0.2, 0) is 22.1 Å². The second kappa shape index (κ2) is 8.74. The van der Waals surface area contributed by atoms with Crippen molar-refractivity contribution < 1.29 is 27.4 Å². The van der Waals surface area contributed by atoms with E-state index in [9.17, 15) is 18.0 Å². The maximum atomic E-state index is 12.7. The predicted octanol–water partition coefficient (Wildman–Crippen LogP) is 5.27. The van der Waals surface area contributed by atoms with E-state index in [1.54, 1.807) is 18.2 Å². The number of ether oxygens (including phenoxy) is 2. The number of benzene rings is 2. The zero-order chi connectivity index (χ0) is 19.2. The molecule has 0 aliphatic heterocycles. The van der Waals surface area contributed by atoms with Crippen molar-refractivity contribution in [3.05, 3.63) is 53.6 Å². The summed E-state index contributed by atoms with van der Waals surface area (Å²) in [4.78, 5) is 11.6. The highest BCUT2D eigenvalue weighted by Gasteiger charge is 2.30. The van der Waals surface area contributed by atoms with Gasteiger partial charge in [-0.15, -0.1) is 0 Å². The number of carbonyl (C=O) groups is 1. The summed E-state index contributed by atoms with van der Waals surface area (Å²) < 4.78 is 48.6. The van der Waals surface area contributed by atoms with Gasteiger partial charge in [0.05, 0.1) is 25.7 Å².